The summed E-state index contributed by atoms with van der Waals surface area (Å²) in [4.78, 5) is 16.5. The summed E-state index contributed by atoms with van der Waals surface area (Å²) in [6.45, 7) is 5.45. The van der Waals surface area contributed by atoms with Crippen molar-refractivity contribution in [3.05, 3.63) is 54.0 Å². The predicted molar refractivity (Wildman–Crippen MR) is 103 cm³/mol. The van der Waals surface area contributed by atoms with E-state index >= 15 is 0 Å². The fraction of sp³-hybridized carbons (Fsp3) is 0.368. The lowest BCUT2D eigenvalue weighted by Gasteiger charge is -2.35. The Morgan fingerprint density at radius 1 is 1.11 bits per heavy atom. The molecule has 1 saturated heterocycles. The number of nitrogens with one attached hydrogen (secondary N) is 1. The van der Waals surface area contributed by atoms with Crippen LogP contribution in [0.15, 0.2) is 42.6 Å². The van der Waals surface area contributed by atoms with E-state index in [2.05, 4.69) is 37.6 Å². The molecule has 27 heavy (non-hydrogen) atoms. The number of carbonyl (C=O) groups excluding carboxylic acids is 1. The number of carbonyl (C=O) groups is 1. The van der Waals surface area contributed by atoms with Crippen LogP contribution in [0.25, 0.3) is 5.65 Å². The summed E-state index contributed by atoms with van der Waals surface area (Å²) in [6.07, 6.45) is 2.68. The highest BCUT2D eigenvalue weighted by Gasteiger charge is 2.21. The van der Waals surface area contributed by atoms with Crippen molar-refractivity contribution >= 4 is 17.4 Å². The molecule has 4 rings (SSSR count). The summed E-state index contributed by atoms with van der Waals surface area (Å²) in [6, 6.07) is 12.2. The topological polar surface area (TPSA) is 78.7 Å². The van der Waals surface area contributed by atoms with Gasteiger partial charge in [-0.25, -0.2) is 4.79 Å². The minimum atomic E-state index is 0.00670. The van der Waals surface area contributed by atoms with Crippen LogP contribution in [-0.4, -0.2) is 63.5 Å². The van der Waals surface area contributed by atoms with Crippen LogP contribution in [0.5, 0.6) is 0 Å². The Labute approximate surface area is 157 Å². The van der Waals surface area contributed by atoms with Crippen LogP contribution < -0.4 is 10.2 Å². The molecule has 1 N–H and O–H groups in total. The number of hydrogen-bond acceptors (Lipinski definition) is 5. The second-order valence-electron chi connectivity index (χ2n) is 6.67. The number of nitrogens with zero attached hydrogens (tertiary/aromatic N) is 6. The van der Waals surface area contributed by atoms with Gasteiger partial charge in [0.25, 0.3) is 0 Å². The molecule has 8 heteroatoms. The van der Waals surface area contributed by atoms with Crippen LogP contribution in [0.3, 0.4) is 0 Å². The summed E-state index contributed by atoms with van der Waals surface area (Å²) in [5.74, 6) is 0.772. The molecule has 1 aliphatic rings. The summed E-state index contributed by atoms with van der Waals surface area (Å²) < 4.78 is 1.72. The molecule has 0 radical (unpaired) electrons. The van der Waals surface area contributed by atoms with Crippen LogP contribution in [0.2, 0.25) is 0 Å². The lowest BCUT2D eigenvalue weighted by atomic mass is 10.1. The van der Waals surface area contributed by atoms with Crippen molar-refractivity contribution in [2.45, 2.75) is 13.3 Å². The van der Waals surface area contributed by atoms with Gasteiger partial charge < -0.3 is 15.1 Å². The van der Waals surface area contributed by atoms with Gasteiger partial charge in [0, 0.05) is 38.8 Å². The maximum atomic E-state index is 12.4. The normalized spacial score (nSPS) is 14.6. The van der Waals surface area contributed by atoms with Gasteiger partial charge in [-0.05, 0) is 18.9 Å². The number of fused-ring (bicyclic) bond motifs is 1. The van der Waals surface area contributed by atoms with Crippen molar-refractivity contribution in [2.24, 2.45) is 0 Å². The van der Waals surface area contributed by atoms with Gasteiger partial charge in [-0.3, -0.25) is 0 Å². The second kappa shape index (κ2) is 7.61. The molecular formula is C19H23N7O. The van der Waals surface area contributed by atoms with E-state index in [0.717, 1.165) is 36.7 Å². The minimum absolute atomic E-state index is 0.00670. The Balaban J connectivity index is 1.28. The summed E-state index contributed by atoms with van der Waals surface area (Å²) in [7, 11) is 0. The number of hydrogen-bond donors (Lipinski definition) is 1. The quantitative estimate of drug-likeness (QED) is 0.758. The molecule has 3 heterocycles. The first-order valence-corrected chi connectivity index (χ1v) is 9.20. The summed E-state index contributed by atoms with van der Waals surface area (Å²) >= 11 is 0. The monoisotopic (exact) mass is 365 g/mol. The van der Waals surface area contributed by atoms with Gasteiger partial charge >= 0.3 is 6.03 Å². The molecule has 0 unspecified atom stereocenters. The van der Waals surface area contributed by atoms with Gasteiger partial charge in [0.2, 0.25) is 0 Å². The van der Waals surface area contributed by atoms with Crippen molar-refractivity contribution in [3.8, 4) is 0 Å². The van der Waals surface area contributed by atoms with E-state index in [4.69, 9.17) is 0 Å². The Morgan fingerprint density at radius 2 is 1.89 bits per heavy atom. The predicted octanol–water partition coefficient (Wildman–Crippen LogP) is 1.51. The third-order valence-corrected chi connectivity index (χ3v) is 4.87. The maximum Gasteiger partial charge on any atom is 0.317 e. The minimum Gasteiger partial charge on any atom is -0.367 e. The van der Waals surface area contributed by atoms with E-state index in [0.29, 0.717) is 19.6 Å². The highest BCUT2D eigenvalue weighted by Crippen LogP contribution is 2.17. The fourth-order valence-corrected chi connectivity index (χ4v) is 3.30. The van der Waals surface area contributed by atoms with Gasteiger partial charge in [-0.1, -0.05) is 30.3 Å². The van der Waals surface area contributed by atoms with Crippen molar-refractivity contribution in [1.29, 1.82) is 0 Å². The van der Waals surface area contributed by atoms with E-state index in [-0.39, 0.29) is 6.03 Å². The Morgan fingerprint density at radius 3 is 2.67 bits per heavy atom. The molecule has 8 nitrogen and oxygen atoms in total. The zero-order valence-corrected chi connectivity index (χ0v) is 15.4. The smallest absolute Gasteiger partial charge is 0.317 e. The third kappa shape index (κ3) is 3.84. The molecule has 0 atom stereocenters. The average molecular weight is 365 g/mol. The summed E-state index contributed by atoms with van der Waals surface area (Å²) in [5, 5.41) is 15.6. The van der Waals surface area contributed by atoms with Gasteiger partial charge in [0.05, 0.1) is 11.9 Å². The van der Waals surface area contributed by atoms with Gasteiger partial charge in [-0.2, -0.15) is 9.61 Å². The van der Waals surface area contributed by atoms with E-state index in [1.54, 1.807) is 4.52 Å². The number of aromatic nitrogens is 4. The molecular weight excluding hydrogens is 342 g/mol. The van der Waals surface area contributed by atoms with E-state index in [1.807, 2.05) is 42.3 Å². The van der Waals surface area contributed by atoms with Crippen molar-refractivity contribution in [1.82, 2.24) is 30.0 Å². The molecule has 0 saturated carbocycles. The number of benzene rings is 1. The molecule has 0 aliphatic carbocycles. The zero-order chi connectivity index (χ0) is 18.6. The molecule has 1 aromatic carbocycles. The Bertz CT molecular complexity index is 916. The van der Waals surface area contributed by atoms with Crippen molar-refractivity contribution in [3.63, 3.8) is 0 Å². The second-order valence-corrected chi connectivity index (χ2v) is 6.67. The van der Waals surface area contributed by atoms with Crippen molar-refractivity contribution in [2.75, 3.05) is 37.6 Å². The largest absolute Gasteiger partial charge is 0.367 e. The van der Waals surface area contributed by atoms with E-state index < -0.39 is 0 Å². The molecule has 1 aliphatic heterocycles. The Kier molecular flexibility index (Phi) is 4.86. The van der Waals surface area contributed by atoms with Crippen LogP contribution in [-0.2, 0) is 6.42 Å². The first-order chi connectivity index (χ1) is 13.2. The van der Waals surface area contributed by atoms with Crippen molar-refractivity contribution < 1.29 is 4.79 Å². The number of aryl methyl sites for hydroxylation is 1. The maximum absolute atomic E-state index is 12.4. The van der Waals surface area contributed by atoms with Crippen LogP contribution >= 0.6 is 0 Å². The van der Waals surface area contributed by atoms with Gasteiger partial charge in [0.15, 0.2) is 11.5 Å². The SMILES string of the molecule is Cc1nnc2cc(N3CCN(C(=O)NCCc4ccccc4)CC3)cnn12. The number of urea groups is 1. The van der Waals surface area contributed by atoms with Gasteiger partial charge in [-0.15, -0.1) is 10.2 Å². The Hall–Kier alpha value is -3.16. The summed E-state index contributed by atoms with van der Waals surface area (Å²) in [5.41, 5.74) is 2.99. The molecule has 140 valence electrons. The first-order valence-electron chi connectivity index (χ1n) is 9.20. The molecule has 2 amide bonds. The van der Waals surface area contributed by atoms with E-state index in [1.165, 1.54) is 5.56 Å². The van der Waals surface area contributed by atoms with Crippen LogP contribution in [0.1, 0.15) is 11.4 Å². The molecule has 1 fully saturated rings. The molecule has 0 bridgehead atoms. The fourth-order valence-electron chi connectivity index (χ4n) is 3.30. The highest BCUT2D eigenvalue weighted by molar-refractivity contribution is 5.74. The van der Waals surface area contributed by atoms with Gasteiger partial charge in [0.1, 0.15) is 0 Å². The number of rotatable bonds is 4. The average Bonchev–Trinajstić information content (AvgIpc) is 3.09. The third-order valence-electron chi connectivity index (χ3n) is 4.87. The van der Waals surface area contributed by atoms with E-state index in [9.17, 15) is 4.79 Å². The zero-order valence-electron chi connectivity index (χ0n) is 15.4. The molecule has 3 aromatic rings. The number of anilines is 1. The standard InChI is InChI=1S/C19H23N7O/c1-15-22-23-18-13-17(14-21-26(15)18)24-9-11-25(12-10-24)19(27)20-8-7-16-5-3-2-4-6-16/h2-6,13-14H,7-12H2,1H3,(H,20,27). The highest BCUT2D eigenvalue weighted by atomic mass is 16.2. The lowest BCUT2D eigenvalue weighted by molar-refractivity contribution is 0.194. The number of piperazine rings is 1. The molecule has 2 aromatic heterocycles. The van der Waals surface area contributed by atoms with Crippen LogP contribution in [0, 0.1) is 6.92 Å². The lowest BCUT2D eigenvalue weighted by Crippen LogP contribution is -2.52. The first kappa shape index (κ1) is 17.3. The number of amides is 2. The molecule has 0 spiro atoms. The van der Waals surface area contributed by atoms with Crippen LogP contribution in [0.4, 0.5) is 10.5 Å².